The van der Waals surface area contributed by atoms with Gasteiger partial charge in [-0.25, -0.2) is 9.59 Å². The number of hydrogen-bond donors (Lipinski definition) is 2. The predicted octanol–water partition coefficient (Wildman–Crippen LogP) is 5.66. The van der Waals surface area contributed by atoms with Crippen molar-refractivity contribution < 1.29 is 34.9 Å². The summed E-state index contributed by atoms with van der Waals surface area (Å²) in [5.74, 6) is -1.98. The van der Waals surface area contributed by atoms with Gasteiger partial charge in [0, 0.05) is 12.4 Å². The van der Waals surface area contributed by atoms with E-state index in [0.29, 0.717) is 6.42 Å². The summed E-state index contributed by atoms with van der Waals surface area (Å²) < 4.78 is 0. The molecular weight excluding hydrogens is 552 g/mol. The van der Waals surface area contributed by atoms with Crippen LogP contribution in [0.25, 0.3) is 5.70 Å². The number of halogens is 2. The van der Waals surface area contributed by atoms with Gasteiger partial charge in [-0.05, 0) is 53.9 Å². The Hall–Kier alpha value is -2.86. The fraction of sp³-hybridized carbons (Fsp3) is 0.0833. The summed E-state index contributed by atoms with van der Waals surface area (Å²) in [6.45, 7) is 0. The number of hydrogen-bond acceptors (Lipinski definition) is 4. The number of allylic oxidation sites excluding steroid dienone is 1. The van der Waals surface area contributed by atoms with Crippen LogP contribution in [0.4, 0.5) is 0 Å². The summed E-state index contributed by atoms with van der Waals surface area (Å²) in [6.07, 6.45) is 6.12. The van der Waals surface area contributed by atoms with Crippen molar-refractivity contribution in [3.63, 3.8) is 0 Å². The quantitative estimate of drug-likeness (QED) is 0.386. The minimum absolute atomic E-state index is 0.201. The first-order valence-electron chi connectivity index (χ1n) is 9.61. The number of aromatic carboxylic acids is 2. The van der Waals surface area contributed by atoms with Gasteiger partial charge in [-0.1, -0.05) is 36.4 Å². The van der Waals surface area contributed by atoms with Crippen molar-refractivity contribution in [2.45, 2.75) is 11.8 Å². The molecule has 0 saturated carbocycles. The van der Waals surface area contributed by atoms with Gasteiger partial charge in [0.25, 0.3) is 0 Å². The molecule has 4 rings (SSSR count). The van der Waals surface area contributed by atoms with Crippen LogP contribution in [0.5, 0.6) is 0 Å². The summed E-state index contributed by atoms with van der Waals surface area (Å²) in [4.78, 5) is 31.5. The van der Waals surface area contributed by atoms with Gasteiger partial charge in [0.2, 0.25) is 0 Å². The number of pyridine rings is 1. The second kappa shape index (κ2) is 11.3. The van der Waals surface area contributed by atoms with E-state index >= 15 is 0 Å². The molecule has 6 nitrogen and oxygen atoms in total. The molecule has 170 valence electrons. The second-order valence-corrected chi connectivity index (χ2v) is 9.69. The average Bonchev–Trinajstić information content (AvgIpc) is 2.85. The van der Waals surface area contributed by atoms with Crippen molar-refractivity contribution in [2.75, 3.05) is 0 Å². The molecule has 0 radical (unpaired) electrons. The van der Waals surface area contributed by atoms with Crippen LogP contribution < -0.4 is 0 Å². The first kappa shape index (κ1) is 24.8. The summed E-state index contributed by atoms with van der Waals surface area (Å²) >= 11 is -0.346. The Morgan fingerprint density at radius 1 is 0.848 bits per heavy atom. The van der Waals surface area contributed by atoms with E-state index in [2.05, 4.69) is 9.98 Å². The third-order valence-corrected chi connectivity index (χ3v) is 5.26. The predicted molar refractivity (Wildman–Crippen MR) is 125 cm³/mol. The Morgan fingerprint density at radius 2 is 1.36 bits per heavy atom. The molecule has 9 heteroatoms. The molecule has 33 heavy (non-hydrogen) atoms. The molecule has 1 aliphatic heterocycles. The zero-order chi connectivity index (χ0) is 23.8. The zero-order valence-electron chi connectivity index (χ0n) is 17.0. The third kappa shape index (κ3) is 5.74. The molecular formula is C24H18Cl2N2O4Ru. The Balaban J connectivity index is 0.000000968. The van der Waals surface area contributed by atoms with Gasteiger partial charge in [0.15, 0.2) is 0 Å². The number of rotatable bonds is 5. The number of benzene rings is 2. The van der Waals surface area contributed by atoms with Crippen molar-refractivity contribution in [1.29, 1.82) is 0 Å². The Morgan fingerprint density at radius 3 is 1.73 bits per heavy atom. The molecule has 1 aromatic heterocycles. The second-order valence-electron chi connectivity index (χ2n) is 7.05. The van der Waals surface area contributed by atoms with Gasteiger partial charge >= 0.3 is 46.5 Å². The van der Waals surface area contributed by atoms with E-state index in [0.717, 1.165) is 22.5 Å². The molecule has 0 bridgehead atoms. The molecule has 0 aliphatic carbocycles. The first-order chi connectivity index (χ1) is 15.9. The van der Waals surface area contributed by atoms with Gasteiger partial charge in [-0.3, -0.25) is 9.98 Å². The fourth-order valence-electron chi connectivity index (χ4n) is 3.60. The van der Waals surface area contributed by atoms with Crippen LogP contribution in [0.1, 0.15) is 44.0 Å². The number of carboxylic acid groups (broad SMARTS) is 2. The van der Waals surface area contributed by atoms with E-state index in [1.54, 1.807) is 54.7 Å². The van der Waals surface area contributed by atoms with Gasteiger partial charge in [0.1, 0.15) is 0 Å². The molecule has 2 heterocycles. The van der Waals surface area contributed by atoms with Crippen LogP contribution >= 0.6 is 19.4 Å². The van der Waals surface area contributed by atoms with E-state index < -0.39 is 17.4 Å². The Kier molecular flexibility index (Phi) is 8.51. The summed E-state index contributed by atoms with van der Waals surface area (Å²) in [5.41, 5.74) is 3.03. The zero-order valence-corrected chi connectivity index (χ0v) is 20.3. The monoisotopic (exact) mass is 570 g/mol. The van der Waals surface area contributed by atoms with Gasteiger partial charge in [-0.2, -0.15) is 0 Å². The Labute approximate surface area is 206 Å². The third-order valence-electron chi connectivity index (χ3n) is 5.26. The number of nitrogens with zero attached hydrogens (tertiary/aromatic N) is 2. The van der Waals surface area contributed by atoms with E-state index in [1.165, 1.54) is 0 Å². The Bertz CT molecular complexity index is 1120. The van der Waals surface area contributed by atoms with Crippen LogP contribution in [-0.2, 0) is 20.6 Å². The van der Waals surface area contributed by atoms with E-state index in [-0.39, 0.29) is 26.3 Å². The topological polar surface area (TPSA) is 99.8 Å². The van der Waals surface area contributed by atoms with Crippen molar-refractivity contribution in [3.8, 4) is 0 Å². The normalized spacial score (nSPS) is 14.1. The van der Waals surface area contributed by atoms with Crippen LogP contribution in [-0.4, -0.2) is 33.4 Å². The van der Waals surface area contributed by atoms with Gasteiger partial charge in [-0.15, -0.1) is 0 Å². The summed E-state index contributed by atoms with van der Waals surface area (Å²) in [7, 11) is 9.71. The number of carbonyl (C=O) groups is 2. The molecule has 0 saturated heterocycles. The van der Waals surface area contributed by atoms with Crippen LogP contribution in [0.15, 0.2) is 84.0 Å². The van der Waals surface area contributed by atoms with Crippen molar-refractivity contribution in [3.05, 3.63) is 107 Å². The number of aliphatic imine (C=N–C) groups is 1. The average molecular weight is 570 g/mol. The minimum atomic E-state index is -0.990. The SMILES string of the molecule is O=C(O)c1ccc(C2(c3ccc(C(=O)O)cc3)C=NC(c3ccccn3)=CC2)cc1.[Cl][Ru][Cl]. The summed E-state index contributed by atoms with van der Waals surface area (Å²) in [5, 5.41) is 18.4. The van der Waals surface area contributed by atoms with Gasteiger partial charge in [0.05, 0.1) is 27.9 Å². The molecule has 1 aliphatic rings. The molecule has 0 unspecified atom stereocenters. The van der Waals surface area contributed by atoms with Crippen LogP contribution in [0.3, 0.4) is 0 Å². The first-order valence-corrected chi connectivity index (χ1v) is 14.1. The molecule has 2 N–H and O–H groups in total. The molecule has 0 fully saturated rings. The van der Waals surface area contributed by atoms with Crippen LogP contribution in [0, 0.1) is 0 Å². The fourth-order valence-corrected chi connectivity index (χ4v) is 3.60. The summed E-state index contributed by atoms with van der Waals surface area (Å²) in [6, 6.07) is 19.0. The van der Waals surface area contributed by atoms with Gasteiger partial charge < -0.3 is 10.2 Å². The van der Waals surface area contributed by atoms with Crippen LogP contribution in [0.2, 0.25) is 0 Å². The molecule has 0 amide bonds. The van der Waals surface area contributed by atoms with E-state index in [9.17, 15) is 19.8 Å². The standard InChI is InChI=1S/C24H18N2O4.2ClH.Ru/c27-22(28)16-4-8-18(9-5-16)24(19-10-6-17(7-11-19)23(29)30)13-12-21(26-15-24)20-3-1-2-14-25-20;;;/h1-12,14-15H,13H2,(H,27,28)(H,29,30);2*1H;/q;;;+2/p-2. The van der Waals surface area contributed by atoms with E-state index in [4.69, 9.17) is 19.4 Å². The maximum absolute atomic E-state index is 11.2. The molecule has 2 aromatic carbocycles. The maximum atomic E-state index is 11.2. The number of carboxylic acids is 2. The van der Waals surface area contributed by atoms with E-state index in [1.807, 2.05) is 30.5 Å². The van der Waals surface area contributed by atoms with Crippen molar-refractivity contribution >= 4 is 43.2 Å². The molecule has 0 spiro atoms. The van der Waals surface area contributed by atoms with Crippen molar-refractivity contribution in [1.82, 2.24) is 4.98 Å². The number of aromatic nitrogens is 1. The molecule has 3 aromatic rings. The molecule has 0 atom stereocenters. The van der Waals surface area contributed by atoms with Crippen molar-refractivity contribution in [2.24, 2.45) is 4.99 Å².